The number of nitrogens with zero attached hydrogens (tertiary/aromatic N) is 4. The highest BCUT2D eigenvalue weighted by Crippen LogP contribution is 2.27. The zero-order chi connectivity index (χ0) is 23.9. The predicted molar refractivity (Wildman–Crippen MR) is 136 cm³/mol. The Morgan fingerprint density at radius 1 is 1.09 bits per heavy atom. The smallest absolute Gasteiger partial charge is 0.329 e. The summed E-state index contributed by atoms with van der Waals surface area (Å²) in [6, 6.07) is 17.2. The number of ether oxygens (including phenoxy) is 1. The number of para-hydroxylation sites is 1. The van der Waals surface area contributed by atoms with Gasteiger partial charge in [-0.2, -0.15) is 11.8 Å². The Bertz CT molecular complexity index is 1300. The minimum atomic E-state index is -0.726. The van der Waals surface area contributed by atoms with E-state index in [-0.39, 0.29) is 11.7 Å². The molecule has 8 nitrogen and oxygen atoms in total. The Morgan fingerprint density at radius 2 is 1.85 bits per heavy atom. The van der Waals surface area contributed by atoms with Crippen LogP contribution >= 0.6 is 23.5 Å². The normalized spacial score (nSPS) is 12.1. The molecule has 0 aliphatic rings. The first kappa shape index (κ1) is 24.0. The minimum Gasteiger partial charge on any atom is -0.467 e. The third-order valence-corrected chi connectivity index (χ3v) is 7.16. The second kappa shape index (κ2) is 11.3. The first-order valence-corrected chi connectivity index (χ1v) is 13.0. The summed E-state index contributed by atoms with van der Waals surface area (Å²) in [4.78, 5) is 29.4. The Labute approximate surface area is 205 Å². The van der Waals surface area contributed by atoms with Crippen molar-refractivity contribution in [3.05, 3.63) is 60.2 Å². The monoisotopic (exact) mass is 495 g/mol. The molecule has 2 heterocycles. The maximum absolute atomic E-state index is 12.6. The van der Waals surface area contributed by atoms with Crippen LogP contribution in [0.4, 0.5) is 0 Å². The van der Waals surface area contributed by atoms with Gasteiger partial charge in [0, 0.05) is 23.4 Å². The number of hydrogen-bond acceptors (Lipinski definition) is 8. The Balaban J connectivity index is 1.38. The number of rotatable bonds is 10. The molecular formula is C24H25N5O3S2. The van der Waals surface area contributed by atoms with Gasteiger partial charge in [-0.15, -0.1) is 10.2 Å². The van der Waals surface area contributed by atoms with Crippen LogP contribution in [0.5, 0.6) is 0 Å². The molecule has 1 unspecified atom stereocenters. The number of nitrogens with one attached hydrogen (secondary N) is 1. The van der Waals surface area contributed by atoms with Gasteiger partial charge in [-0.3, -0.25) is 4.79 Å². The number of hydrogen-bond donors (Lipinski definition) is 1. The SMILES string of the molecule is CCn1c2ccccc2c2nnc(SCC(=O)NC(CSCc3ccccc3)C(=O)OC)nc21. The van der Waals surface area contributed by atoms with Crippen molar-refractivity contribution in [3.63, 3.8) is 0 Å². The van der Waals surface area contributed by atoms with E-state index in [0.29, 0.717) is 10.9 Å². The molecule has 2 aromatic heterocycles. The maximum atomic E-state index is 12.6. The number of carbonyl (C=O) groups is 2. The molecule has 4 aromatic rings. The first-order valence-electron chi connectivity index (χ1n) is 10.8. The molecule has 0 spiro atoms. The van der Waals surface area contributed by atoms with Crippen LogP contribution in [-0.4, -0.2) is 56.3 Å². The van der Waals surface area contributed by atoms with E-state index in [0.717, 1.165) is 39.9 Å². The van der Waals surface area contributed by atoms with E-state index in [9.17, 15) is 9.59 Å². The number of aromatic nitrogens is 4. The van der Waals surface area contributed by atoms with E-state index in [4.69, 9.17) is 4.74 Å². The fraction of sp³-hybridized carbons (Fsp3) is 0.292. The van der Waals surface area contributed by atoms with Gasteiger partial charge in [0.15, 0.2) is 5.65 Å². The van der Waals surface area contributed by atoms with Crippen LogP contribution in [0, 0.1) is 0 Å². The van der Waals surface area contributed by atoms with E-state index in [2.05, 4.69) is 32.0 Å². The van der Waals surface area contributed by atoms with E-state index >= 15 is 0 Å². The van der Waals surface area contributed by atoms with Crippen LogP contribution in [0.3, 0.4) is 0 Å². The third kappa shape index (κ3) is 5.51. The molecule has 2 aromatic carbocycles. The lowest BCUT2D eigenvalue weighted by Gasteiger charge is -2.16. The number of benzene rings is 2. The van der Waals surface area contributed by atoms with Gasteiger partial charge in [-0.05, 0) is 18.6 Å². The fourth-order valence-corrected chi connectivity index (χ4v) is 5.21. The fourth-order valence-electron chi connectivity index (χ4n) is 3.62. The number of esters is 1. The van der Waals surface area contributed by atoms with Gasteiger partial charge in [0.2, 0.25) is 11.1 Å². The van der Waals surface area contributed by atoms with Crippen molar-refractivity contribution >= 4 is 57.5 Å². The number of fused-ring (bicyclic) bond motifs is 3. The average Bonchev–Trinajstić information content (AvgIpc) is 3.20. The van der Waals surface area contributed by atoms with Crippen LogP contribution in [-0.2, 0) is 26.6 Å². The van der Waals surface area contributed by atoms with Crippen molar-refractivity contribution in [2.45, 2.75) is 30.4 Å². The molecule has 34 heavy (non-hydrogen) atoms. The van der Waals surface area contributed by atoms with Crippen LogP contribution < -0.4 is 5.32 Å². The van der Waals surface area contributed by atoms with Gasteiger partial charge >= 0.3 is 5.97 Å². The van der Waals surface area contributed by atoms with Crippen molar-refractivity contribution in [1.82, 2.24) is 25.1 Å². The highest BCUT2D eigenvalue weighted by molar-refractivity contribution is 7.99. The summed E-state index contributed by atoms with van der Waals surface area (Å²) in [6.45, 7) is 2.80. The molecule has 0 bridgehead atoms. The van der Waals surface area contributed by atoms with Crippen molar-refractivity contribution < 1.29 is 14.3 Å². The van der Waals surface area contributed by atoms with E-state index in [1.165, 1.54) is 18.9 Å². The van der Waals surface area contributed by atoms with Crippen molar-refractivity contribution in [2.75, 3.05) is 18.6 Å². The molecule has 0 aliphatic carbocycles. The summed E-state index contributed by atoms with van der Waals surface area (Å²) >= 11 is 2.75. The zero-order valence-electron chi connectivity index (χ0n) is 18.9. The van der Waals surface area contributed by atoms with Crippen LogP contribution in [0.25, 0.3) is 22.1 Å². The Hall–Kier alpha value is -3.11. The molecule has 1 amide bonds. The van der Waals surface area contributed by atoms with Crippen LogP contribution in [0.1, 0.15) is 12.5 Å². The van der Waals surface area contributed by atoms with Gasteiger partial charge in [0.1, 0.15) is 11.6 Å². The predicted octanol–water partition coefficient (Wildman–Crippen LogP) is 3.68. The van der Waals surface area contributed by atoms with Crippen molar-refractivity contribution in [1.29, 1.82) is 0 Å². The van der Waals surface area contributed by atoms with Gasteiger partial charge in [0.05, 0.1) is 18.4 Å². The summed E-state index contributed by atoms with van der Waals surface area (Å²) in [5.74, 6) is 0.463. The standard InChI is InChI=1S/C24H25N5O3S2/c1-3-29-19-12-8-7-11-17(19)21-22(29)26-24(28-27-21)34-15-20(30)25-18(23(31)32-2)14-33-13-16-9-5-4-6-10-16/h4-12,18H,3,13-15H2,1-2H3,(H,25,30). The van der Waals surface area contributed by atoms with Crippen molar-refractivity contribution in [2.24, 2.45) is 0 Å². The second-order valence-corrected chi connectivity index (χ2v) is 9.43. The molecule has 10 heteroatoms. The average molecular weight is 496 g/mol. The van der Waals surface area contributed by atoms with Crippen molar-refractivity contribution in [3.8, 4) is 0 Å². The maximum Gasteiger partial charge on any atom is 0.329 e. The molecular weight excluding hydrogens is 470 g/mol. The summed E-state index contributed by atoms with van der Waals surface area (Å²) in [6.07, 6.45) is 0. The van der Waals surface area contributed by atoms with Gasteiger partial charge in [0.25, 0.3) is 0 Å². The molecule has 0 fully saturated rings. The lowest BCUT2D eigenvalue weighted by Crippen LogP contribution is -2.44. The summed E-state index contributed by atoms with van der Waals surface area (Å²) in [5, 5.41) is 12.7. The van der Waals surface area contributed by atoms with Gasteiger partial charge in [-0.25, -0.2) is 9.78 Å². The lowest BCUT2D eigenvalue weighted by molar-refractivity contribution is -0.144. The number of aryl methyl sites for hydroxylation is 1. The molecule has 0 radical (unpaired) electrons. The topological polar surface area (TPSA) is 99.0 Å². The van der Waals surface area contributed by atoms with E-state index in [1.54, 1.807) is 11.8 Å². The molecule has 0 saturated heterocycles. The Morgan fingerprint density at radius 3 is 2.62 bits per heavy atom. The largest absolute Gasteiger partial charge is 0.467 e. The number of thioether (sulfide) groups is 2. The molecule has 1 N–H and O–H groups in total. The zero-order valence-corrected chi connectivity index (χ0v) is 20.6. The number of amides is 1. The highest BCUT2D eigenvalue weighted by Gasteiger charge is 2.22. The van der Waals surface area contributed by atoms with Crippen LogP contribution in [0.2, 0.25) is 0 Å². The summed E-state index contributed by atoms with van der Waals surface area (Å²) in [5.41, 5.74) is 3.69. The number of methoxy groups -OCH3 is 1. The molecule has 1 atom stereocenters. The van der Waals surface area contributed by atoms with Gasteiger partial charge in [-0.1, -0.05) is 60.3 Å². The minimum absolute atomic E-state index is 0.0659. The Kier molecular flexibility index (Phi) is 8.02. The summed E-state index contributed by atoms with van der Waals surface area (Å²) < 4.78 is 6.95. The summed E-state index contributed by atoms with van der Waals surface area (Å²) in [7, 11) is 1.32. The quantitative estimate of drug-likeness (QED) is 0.263. The first-order chi connectivity index (χ1) is 16.6. The third-order valence-electron chi connectivity index (χ3n) is 5.22. The van der Waals surface area contributed by atoms with Crippen LogP contribution in [0.15, 0.2) is 59.8 Å². The highest BCUT2D eigenvalue weighted by atomic mass is 32.2. The lowest BCUT2D eigenvalue weighted by atomic mass is 10.2. The molecule has 0 aliphatic heterocycles. The molecule has 0 saturated carbocycles. The molecule has 4 rings (SSSR count). The van der Waals surface area contributed by atoms with E-state index in [1.807, 2.05) is 54.6 Å². The van der Waals surface area contributed by atoms with Gasteiger partial charge < -0.3 is 14.6 Å². The second-order valence-electron chi connectivity index (χ2n) is 7.46. The van der Waals surface area contributed by atoms with E-state index < -0.39 is 12.0 Å². The molecule has 176 valence electrons. The number of carbonyl (C=O) groups excluding carboxylic acids is 2.